The van der Waals surface area contributed by atoms with Crippen molar-refractivity contribution in [1.82, 2.24) is 25.4 Å². The summed E-state index contributed by atoms with van der Waals surface area (Å²) in [6, 6.07) is 9.63. The fourth-order valence-corrected chi connectivity index (χ4v) is 16.2. The SMILES string of the molecule is CCC1(O)CC2CN(CCc3c([nH]c4ccccc34)[C@@](C(=O)OC)(c3cc4c(cc3OC)N(C)C3C45CCN4CC=C[C@](CC)(C45)[C@@H](O)[C@]3(O)C(=O)NCCCOC(=O)[C@@H](C)NC(=O)CCCC(=O)OCC(OC(C)C)OC(CO)CC(C)(C)C)C2)C1. The molecule has 480 valence electrons. The molecule has 1 spiro atoms. The van der Waals surface area contributed by atoms with Crippen molar-refractivity contribution in [1.29, 1.82) is 0 Å². The van der Waals surface area contributed by atoms with Crippen LogP contribution >= 0.6 is 0 Å². The zero-order valence-electron chi connectivity index (χ0n) is 53.0. The second-order valence-corrected chi connectivity index (χ2v) is 27.0. The predicted molar refractivity (Wildman–Crippen MR) is 326 cm³/mol. The summed E-state index contributed by atoms with van der Waals surface area (Å²) < 4.78 is 35.1. The van der Waals surface area contributed by atoms with Crippen LogP contribution in [-0.4, -0.2) is 199 Å². The van der Waals surface area contributed by atoms with E-state index in [4.69, 9.17) is 28.4 Å². The highest BCUT2D eigenvalue weighted by Gasteiger charge is 2.78. The number of likely N-dealkylation sites (N-methyl/N-ethyl adjacent to an activating group) is 1. The summed E-state index contributed by atoms with van der Waals surface area (Å²) in [4.78, 5) is 79.8. The number of hydrogen-bond acceptors (Lipinski definition) is 18. The maximum atomic E-state index is 15.6. The van der Waals surface area contributed by atoms with E-state index in [1.165, 1.54) is 14.0 Å². The molecule has 87 heavy (non-hydrogen) atoms. The Balaban J connectivity index is 0.918. The average molecular weight is 1210 g/mol. The number of aromatic amines is 1. The molecule has 6 aliphatic rings. The van der Waals surface area contributed by atoms with E-state index in [0.717, 1.165) is 22.0 Å². The van der Waals surface area contributed by atoms with Crippen molar-refractivity contribution in [2.75, 3.05) is 85.3 Å². The number of hydrogen-bond donors (Lipinski definition) is 7. The number of carbonyl (C=O) groups excluding carboxylic acids is 5. The van der Waals surface area contributed by atoms with E-state index in [1.54, 1.807) is 7.11 Å². The van der Waals surface area contributed by atoms with Crippen LogP contribution in [0.2, 0.25) is 0 Å². The summed E-state index contributed by atoms with van der Waals surface area (Å²) >= 11 is 0. The van der Waals surface area contributed by atoms with Crippen LogP contribution in [0.25, 0.3) is 10.9 Å². The average Bonchev–Trinajstić information content (AvgIpc) is 1.52. The highest BCUT2D eigenvalue weighted by molar-refractivity contribution is 5.95. The van der Waals surface area contributed by atoms with Gasteiger partial charge in [0.05, 0.1) is 51.3 Å². The Hall–Kier alpha value is -5.65. The summed E-state index contributed by atoms with van der Waals surface area (Å²) in [6.45, 7) is 17.7. The van der Waals surface area contributed by atoms with Gasteiger partial charge in [-0.3, -0.25) is 29.0 Å². The molecule has 9 rings (SSSR count). The number of aliphatic hydroxyl groups excluding tert-OH is 2. The van der Waals surface area contributed by atoms with Gasteiger partial charge in [-0.05, 0) is 120 Å². The Kier molecular flexibility index (Phi) is 19.7. The molecule has 5 aliphatic heterocycles. The van der Waals surface area contributed by atoms with Crippen LogP contribution in [0.15, 0.2) is 48.6 Å². The molecule has 6 heterocycles. The van der Waals surface area contributed by atoms with Crippen LogP contribution in [0.1, 0.15) is 142 Å². The number of esters is 3. The molecule has 8 unspecified atom stereocenters. The molecule has 3 fully saturated rings. The Morgan fingerprint density at radius 1 is 0.920 bits per heavy atom. The number of amides is 2. The smallest absolute Gasteiger partial charge is 0.328 e. The Morgan fingerprint density at radius 2 is 1.68 bits per heavy atom. The Labute approximate surface area is 512 Å². The quantitative estimate of drug-likeness (QED) is 0.0203. The highest BCUT2D eigenvalue weighted by Crippen LogP contribution is 2.67. The number of ether oxygens (including phenoxy) is 6. The largest absolute Gasteiger partial charge is 0.496 e. The van der Waals surface area contributed by atoms with E-state index in [1.807, 2.05) is 96.8 Å². The number of fused-ring (bicyclic) bond motifs is 6. The Bertz CT molecular complexity index is 3030. The number of aliphatic hydroxyl groups is 4. The number of methoxy groups -OCH3 is 2. The third kappa shape index (κ3) is 12.3. The maximum Gasteiger partial charge on any atom is 0.328 e. The van der Waals surface area contributed by atoms with Crippen molar-refractivity contribution >= 4 is 46.3 Å². The van der Waals surface area contributed by atoms with Crippen LogP contribution in [0.3, 0.4) is 0 Å². The molecule has 21 heteroatoms. The second-order valence-electron chi connectivity index (χ2n) is 27.0. The first-order valence-electron chi connectivity index (χ1n) is 31.5. The summed E-state index contributed by atoms with van der Waals surface area (Å²) in [7, 11) is 4.83. The molecule has 3 aromatic rings. The zero-order valence-corrected chi connectivity index (χ0v) is 53.0. The third-order valence-corrected chi connectivity index (χ3v) is 19.8. The van der Waals surface area contributed by atoms with E-state index >= 15 is 9.59 Å². The van der Waals surface area contributed by atoms with E-state index < -0.39 is 87.8 Å². The molecule has 1 saturated carbocycles. The van der Waals surface area contributed by atoms with E-state index in [9.17, 15) is 34.8 Å². The minimum Gasteiger partial charge on any atom is -0.496 e. The normalized spacial score (nSPS) is 30.2. The number of piperidine rings is 1. The minimum atomic E-state index is -2.43. The van der Waals surface area contributed by atoms with Gasteiger partial charge in [-0.2, -0.15) is 0 Å². The fraction of sp³-hybridized carbons (Fsp3) is 0.682. The lowest BCUT2D eigenvalue weighted by Gasteiger charge is -2.63. The number of aromatic nitrogens is 1. The molecule has 0 radical (unpaired) electrons. The van der Waals surface area contributed by atoms with E-state index in [0.29, 0.717) is 93.9 Å². The standard InChI is InChI=1S/C66H96N6O15/c1-12-62(80)33-42-34-65(60(79)83-11,54-45(23-28-71(36-42)39-62)44-19-14-15-20-48(44)69-54)47-31-46-49(32-50(47)82-10)70(9)57-64(46)25-29-72-27-17-24-63(13-2,56(64)72)58(77)66(57,81)59(78)67-26-18-30-84-55(76)41(5)68-51(74)21-16-22-52(75)85-38-53(86-40(3)4)87-43(37-73)35-61(6,7)8/h14-15,17,19-20,24,31-32,40-43,53,56-58,69,73,77,80-81H,12-13,16,18,21-23,25-30,33-39H2,1-11H3,(H,67,78)(H,68,74)/t41-,42?,43?,53?,56?,57?,58-,62?,63-,64?,65+,66+/m1/s1. The molecule has 21 nitrogen and oxygen atoms in total. The third-order valence-electron chi connectivity index (χ3n) is 19.8. The van der Waals surface area contributed by atoms with Gasteiger partial charge >= 0.3 is 17.9 Å². The maximum absolute atomic E-state index is 15.6. The van der Waals surface area contributed by atoms with Crippen molar-refractivity contribution in [3.63, 3.8) is 0 Å². The summed E-state index contributed by atoms with van der Waals surface area (Å²) in [5.41, 5.74) is -2.47. The number of rotatable bonds is 24. The molecule has 2 aromatic carbocycles. The van der Waals surface area contributed by atoms with Gasteiger partial charge in [-0.15, -0.1) is 0 Å². The van der Waals surface area contributed by atoms with Crippen LogP contribution in [-0.2, 0) is 64.9 Å². The summed E-state index contributed by atoms with van der Waals surface area (Å²) in [5.74, 6) is -2.75. The van der Waals surface area contributed by atoms with Gasteiger partial charge in [0.15, 0.2) is 11.9 Å². The molecule has 2 bridgehead atoms. The molecule has 1 aliphatic carbocycles. The number of nitrogens with zero attached hydrogens (tertiary/aromatic N) is 3. The van der Waals surface area contributed by atoms with E-state index in [2.05, 4.69) is 37.6 Å². The number of carbonyl (C=O) groups is 5. The van der Waals surface area contributed by atoms with Gasteiger partial charge in [-0.1, -0.05) is 65.0 Å². The first-order valence-corrected chi connectivity index (χ1v) is 31.5. The van der Waals surface area contributed by atoms with Crippen LogP contribution < -0.4 is 20.3 Å². The molecule has 1 aromatic heterocycles. The lowest BCUT2D eigenvalue weighted by atomic mass is 9.47. The summed E-state index contributed by atoms with van der Waals surface area (Å²) in [5, 5.41) is 55.2. The topological polar surface area (TPSA) is 271 Å². The molecular weight excluding hydrogens is 1120 g/mol. The highest BCUT2D eigenvalue weighted by atomic mass is 16.7. The molecule has 2 amide bonds. The van der Waals surface area contributed by atoms with Crippen LogP contribution in [0.4, 0.5) is 5.69 Å². The number of benzene rings is 2. The van der Waals surface area contributed by atoms with E-state index in [-0.39, 0.29) is 81.9 Å². The van der Waals surface area contributed by atoms with Crippen LogP contribution in [0, 0.1) is 16.7 Å². The van der Waals surface area contributed by atoms with Crippen LogP contribution in [0.5, 0.6) is 5.75 Å². The molecule has 13 atom stereocenters. The van der Waals surface area contributed by atoms with Gasteiger partial charge < -0.3 is 69.4 Å². The zero-order chi connectivity index (χ0) is 63.0. The van der Waals surface area contributed by atoms with Crippen molar-refractivity contribution < 1.29 is 72.8 Å². The monoisotopic (exact) mass is 1210 g/mol. The van der Waals surface area contributed by atoms with Gasteiger partial charge in [0, 0.05) is 103 Å². The second kappa shape index (κ2) is 26.1. The number of H-pyrrole nitrogens is 1. The van der Waals surface area contributed by atoms with Gasteiger partial charge in [-0.25, -0.2) is 4.79 Å². The van der Waals surface area contributed by atoms with Gasteiger partial charge in [0.1, 0.15) is 29.9 Å². The first kappa shape index (κ1) is 65.8. The summed E-state index contributed by atoms with van der Waals surface area (Å²) in [6.07, 6.45) is 4.29. The fourth-order valence-electron chi connectivity index (χ4n) is 16.2. The van der Waals surface area contributed by atoms with Gasteiger partial charge in [0.2, 0.25) is 5.91 Å². The predicted octanol–water partition coefficient (Wildman–Crippen LogP) is 5.08. The molecule has 7 N–H and O–H groups in total. The first-order chi connectivity index (χ1) is 41.3. The molecular formula is C66H96N6O15. The number of para-hydroxylation sites is 1. The lowest BCUT2D eigenvalue weighted by Crippen LogP contribution is -2.81. The number of nitrogens with one attached hydrogen (secondary N) is 3. The van der Waals surface area contributed by atoms with Crippen molar-refractivity contribution in [2.45, 2.75) is 191 Å². The van der Waals surface area contributed by atoms with Gasteiger partial charge in [0.25, 0.3) is 5.91 Å². The van der Waals surface area contributed by atoms with Crippen molar-refractivity contribution in [3.05, 3.63) is 70.9 Å². The lowest BCUT2D eigenvalue weighted by molar-refractivity contribution is -0.220. The minimum absolute atomic E-state index is 0.0352. The molecule has 2 saturated heterocycles. The Morgan fingerprint density at radius 3 is 2.37 bits per heavy atom. The number of anilines is 1. The van der Waals surface area contributed by atoms with Crippen molar-refractivity contribution in [3.8, 4) is 5.75 Å². The van der Waals surface area contributed by atoms with Crippen molar-refractivity contribution in [2.24, 2.45) is 16.7 Å².